The molecule has 3 rings (SSSR count). The number of carbonyl (C=O) groups is 1. The Kier molecular flexibility index (Phi) is 7.97. The highest BCUT2D eigenvalue weighted by Gasteiger charge is 2.26. The maximum atomic E-state index is 11.7. The molecule has 0 fully saturated rings. The minimum Gasteiger partial charge on any atom is -0.396 e. The number of aromatic nitrogens is 2. The molecule has 0 bridgehead atoms. The molecule has 0 unspecified atom stereocenters. The summed E-state index contributed by atoms with van der Waals surface area (Å²) in [6, 6.07) is 9.44. The molecule has 1 aliphatic heterocycles. The molecule has 1 N–H and O–H groups in total. The zero-order chi connectivity index (χ0) is 18.9. The van der Waals surface area contributed by atoms with Gasteiger partial charge in [0.25, 0.3) is 0 Å². The molecule has 1 aromatic carbocycles. The lowest BCUT2D eigenvalue weighted by Crippen LogP contribution is -2.26. The summed E-state index contributed by atoms with van der Waals surface area (Å²) < 4.78 is 1.80. The highest BCUT2D eigenvalue weighted by Crippen LogP contribution is 2.26. The fraction of sp³-hybridized carbons (Fsp3) is 0.263. The molecule has 5 nitrogen and oxygen atoms in total. The summed E-state index contributed by atoms with van der Waals surface area (Å²) in [4.78, 5) is 14.4. The number of hydrogen-bond donors (Lipinski definition) is 1. The van der Waals surface area contributed by atoms with Crippen molar-refractivity contribution in [3.63, 3.8) is 0 Å². The Morgan fingerprint density at radius 3 is 2.62 bits per heavy atom. The van der Waals surface area contributed by atoms with E-state index in [9.17, 15) is 4.79 Å². The van der Waals surface area contributed by atoms with Crippen LogP contribution >= 0.6 is 23.5 Å². The van der Waals surface area contributed by atoms with E-state index in [1.54, 1.807) is 15.1 Å². The van der Waals surface area contributed by atoms with Gasteiger partial charge in [-0.15, -0.1) is 0 Å². The lowest BCUT2D eigenvalue weighted by atomic mass is 10.3. The Labute approximate surface area is 163 Å². The van der Waals surface area contributed by atoms with Crippen LogP contribution in [0.5, 0.6) is 0 Å². The van der Waals surface area contributed by atoms with E-state index < -0.39 is 0 Å². The average molecular weight is 392 g/mol. The number of halogens is 1. The number of benzene rings is 1. The number of allylic oxidation sites excluding steroid dienone is 2. The highest BCUT2D eigenvalue weighted by molar-refractivity contribution is 8.01. The van der Waals surface area contributed by atoms with Crippen molar-refractivity contribution in [1.82, 2.24) is 14.1 Å². The Balaban J connectivity index is 0.000000290. The first-order chi connectivity index (χ1) is 12.6. The van der Waals surface area contributed by atoms with Crippen molar-refractivity contribution in [3.8, 4) is 0 Å². The lowest BCUT2D eigenvalue weighted by molar-refractivity contribution is -0.132. The molecule has 26 heavy (non-hydrogen) atoms. The van der Waals surface area contributed by atoms with E-state index in [-0.39, 0.29) is 18.9 Å². The topological polar surface area (TPSA) is 58.4 Å². The van der Waals surface area contributed by atoms with Crippen molar-refractivity contribution in [2.45, 2.75) is 26.4 Å². The number of amides is 1. The number of hydrogen-bond acceptors (Lipinski definition) is 4. The largest absolute Gasteiger partial charge is 0.396 e. The Bertz CT molecular complexity index is 751. The van der Waals surface area contributed by atoms with Gasteiger partial charge in [0.05, 0.1) is 18.8 Å². The van der Waals surface area contributed by atoms with E-state index in [0.29, 0.717) is 13.1 Å². The van der Waals surface area contributed by atoms with Crippen LogP contribution in [0.1, 0.15) is 24.6 Å². The smallest absolute Gasteiger partial charge is 0.225 e. The summed E-state index contributed by atoms with van der Waals surface area (Å²) in [7, 11) is 0. The normalized spacial score (nSPS) is 13.0. The Hall–Kier alpha value is -2.02. The van der Waals surface area contributed by atoms with Gasteiger partial charge in [-0.25, -0.2) is 4.09 Å². The first-order valence-corrected chi connectivity index (χ1v) is 9.36. The highest BCUT2D eigenvalue weighted by atomic mass is 35.5. The molecule has 0 saturated carbocycles. The number of fused-ring (bicyclic) bond motifs is 1. The molecule has 0 saturated heterocycles. The van der Waals surface area contributed by atoms with Gasteiger partial charge in [-0.1, -0.05) is 48.5 Å². The minimum atomic E-state index is -0.104. The van der Waals surface area contributed by atoms with Gasteiger partial charge in [-0.05, 0) is 19.1 Å². The van der Waals surface area contributed by atoms with Gasteiger partial charge in [-0.3, -0.25) is 4.79 Å². The number of aliphatic hydroxyl groups excluding tert-OH is 1. The minimum absolute atomic E-state index is 0.0278. The number of nitrogens with zero attached hydrogens (tertiary/aromatic N) is 3. The van der Waals surface area contributed by atoms with E-state index in [1.165, 1.54) is 11.9 Å². The standard InChI is InChI=1S/C13H17N3O2S.C6H5Cl/c1-3-11(4-2)19-16-8-10-7-15(9-12(10)14-16)13(18)5-6-17;7-6-4-2-1-3-5-6/h3-4,8,17H,1,5-7,9H2,2H3;1-5H/b11-4+;. The van der Waals surface area contributed by atoms with Gasteiger partial charge in [0.2, 0.25) is 5.91 Å². The molecule has 0 spiro atoms. The van der Waals surface area contributed by atoms with Crippen LogP contribution in [0.15, 0.2) is 60.2 Å². The summed E-state index contributed by atoms with van der Waals surface area (Å²) in [5.74, 6) is -0.0278. The lowest BCUT2D eigenvalue weighted by Gasteiger charge is -2.14. The summed E-state index contributed by atoms with van der Waals surface area (Å²) in [6.07, 6.45) is 5.88. The van der Waals surface area contributed by atoms with Crippen molar-refractivity contribution in [1.29, 1.82) is 0 Å². The molecule has 1 amide bonds. The van der Waals surface area contributed by atoms with Crippen molar-refractivity contribution < 1.29 is 9.90 Å². The van der Waals surface area contributed by atoms with Gasteiger partial charge in [0, 0.05) is 46.6 Å². The second-order valence-electron chi connectivity index (χ2n) is 5.51. The molecule has 2 aromatic rings. The third-order valence-electron chi connectivity index (χ3n) is 3.65. The fourth-order valence-corrected chi connectivity index (χ4v) is 3.20. The molecular weight excluding hydrogens is 370 g/mol. The first kappa shape index (κ1) is 20.3. The zero-order valence-corrected chi connectivity index (χ0v) is 16.2. The maximum absolute atomic E-state index is 11.7. The predicted octanol–water partition coefficient (Wildman–Crippen LogP) is 4.03. The maximum Gasteiger partial charge on any atom is 0.225 e. The number of aliphatic hydroxyl groups is 1. The Morgan fingerprint density at radius 2 is 2.12 bits per heavy atom. The first-order valence-electron chi connectivity index (χ1n) is 8.21. The van der Waals surface area contributed by atoms with Crippen molar-refractivity contribution >= 4 is 29.5 Å². The molecule has 138 valence electrons. The molecule has 1 aromatic heterocycles. The molecule has 2 heterocycles. The number of rotatable bonds is 5. The van der Waals surface area contributed by atoms with Crippen LogP contribution in [0.4, 0.5) is 0 Å². The van der Waals surface area contributed by atoms with Crippen molar-refractivity contribution in [3.05, 3.63) is 76.4 Å². The second kappa shape index (κ2) is 10.2. The average Bonchev–Trinajstić information content (AvgIpc) is 3.19. The zero-order valence-electron chi connectivity index (χ0n) is 14.6. The van der Waals surface area contributed by atoms with E-state index in [2.05, 4.69) is 11.7 Å². The van der Waals surface area contributed by atoms with Crippen LogP contribution in [-0.4, -0.2) is 31.7 Å². The second-order valence-corrected chi connectivity index (χ2v) is 6.97. The van der Waals surface area contributed by atoms with Crippen LogP contribution in [-0.2, 0) is 17.9 Å². The quantitative estimate of drug-likeness (QED) is 0.781. The molecule has 1 aliphatic rings. The van der Waals surface area contributed by atoms with Gasteiger partial charge in [0.1, 0.15) is 0 Å². The van der Waals surface area contributed by atoms with E-state index in [4.69, 9.17) is 16.7 Å². The van der Waals surface area contributed by atoms with Gasteiger partial charge < -0.3 is 10.0 Å². The number of carbonyl (C=O) groups excluding carboxylic acids is 1. The van der Waals surface area contributed by atoms with Crippen LogP contribution < -0.4 is 0 Å². The molecular formula is C19H22ClN3O2S. The van der Waals surface area contributed by atoms with E-state index in [0.717, 1.165) is 21.2 Å². The molecule has 0 atom stereocenters. The molecule has 0 radical (unpaired) electrons. The predicted molar refractivity (Wildman–Crippen MR) is 107 cm³/mol. The summed E-state index contributed by atoms with van der Waals surface area (Å²) >= 11 is 7.04. The fourth-order valence-electron chi connectivity index (χ4n) is 2.33. The third-order valence-corrected chi connectivity index (χ3v) is 4.89. The molecule has 0 aliphatic carbocycles. The SMILES string of the molecule is C=C/C(=C\C)Sn1cc2c(n1)CN(C(=O)CCO)C2.Clc1ccccc1. The Morgan fingerprint density at radius 1 is 1.38 bits per heavy atom. The van der Waals surface area contributed by atoms with Crippen molar-refractivity contribution in [2.24, 2.45) is 0 Å². The summed E-state index contributed by atoms with van der Waals surface area (Å²) in [5.41, 5.74) is 2.00. The van der Waals surface area contributed by atoms with E-state index in [1.807, 2.05) is 49.5 Å². The van der Waals surface area contributed by atoms with Crippen LogP contribution in [0.3, 0.4) is 0 Å². The summed E-state index contributed by atoms with van der Waals surface area (Å²) in [5, 5.41) is 14.0. The van der Waals surface area contributed by atoms with Gasteiger partial charge >= 0.3 is 0 Å². The van der Waals surface area contributed by atoms with E-state index >= 15 is 0 Å². The van der Waals surface area contributed by atoms with Gasteiger partial charge in [0.15, 0.2) is 0 Å². The van der Waals surface area contributed by atoms with Crippen LogP contribution in [0.2, 0.25) is 5.02 Å². The van der Waals surface area contributed by atoms with Gasteiger partial charge in [-0.2, -0.15) is 5.10 Å². The van der Waals surface area contributed by atoms with Crippen LogP contribution in [0.25, 0.3) is 0 Å². The summed E-state index contributed by atoms with van der Waals surface area (Å²) in [6.45, 7) is 6.70. The third kappa shape index (κ3) is 5.76. The molecule has 7 heteroatoms. The van der Waals surface area contributed by atoms with Crippen molar-refractivity contribution in [2.75, 3.05) is 6.61 Å². The van der Waals surface area contributed by atoms with Crippen LogP contribution in [0, 0.1) is 0 Å². The monoisotopic (exact) mass is 391 g/mol.